The third-order valence-electron chi connectivity index (χ3n) is 5.69. The minimum absolute atomic E-state index is 0.00867. The predicted molar refractivity (Wildman–Crippen MR) is 123 cm³/mol. The van der Waals surface area contributed by atoms with Crippen LogP contribution < -0.4 is 19.7 Å². The van der Waals surface area contributed by atoms with Crippen LogP contribution in [-0.2, 0) is 0 Å². The molecule has 8 nitrogen and oxygen atoms in total. The normalized spacial score (nSPS) is 16.5. The molecule has 0 spiro atoms. The van der Waals surface area contributed by atoms with Crippen molar-refractivity contribution in [2.24, 2.45) is 0 Å². The van der Waals surface area contributed by atoms with Crippen molar-refractivity contribution < 1.29 is 23.0 Å². The molecule has 2 atom stereocenters. The Morgan fingerprint density at radius 3 is 2.79 bits per heavy atom. The Morgan fingerprint density at radius 2 is 2.09 bits per heavy atom. The van der Waals surface area contributed by atoms with Crippen molar-refractivity contribution in [3.63, 3.8) is 0 Å². The largest absolute Gasteiger partial charge is 0.489 e. The molecule has 1 fully saturated rings. The minimum atomic E-state index is -2.54. The number of anilines is 1. The average molecular weight is 472 g/mol. The Hall–Kier alpha value is -3.69. The van der Waals surface area contributed by atoms with Gasteiger partial charge in [0.05, 0.1) is 24.3 Å². The van der Waals surface area contributed by atoms with E-state index in [0.717, 1.165) is 35.7 Å². The van der Waals surface area contributed by atoms with Gasteiger partial charge in [-0.05, 0) is 37.6 Å². The van der Waals surface area contributed by atoms with Gasteiger partial charge in [-0.15, -0.1) is 0 Å². The van der Waals surface area contributed by atoms with Gasteiger partial charge in [-0.1, -0.05) is 12.1 Å². The van der Waals surface area contributed by atoms with Crippen LogP contribution in [0.5, 0.6) is 11.6 Å². The van der Waals surface area contributed by atoms with E-state index in [2.05, 4.69) is 25.4 Å². The van der Waals surface area contributed by atoms with E-state index in [1.165, 1.54) is 6.20 Å². The maximum absolute atomic E-state index is 12.4. The second kappa shape index (κ2) is 10.5. The molecule has 1 saturated heterocycles. The van der Waals surface area contributed by atoms with E-state index in [4.69, 9.17) is 9.47 Å². The number of alkyl halides is 2. The van der Waals surface area contributed by atoms with E-state index in [0.29, 0.717) is 12.1 Å². The maximum atomic E-state index is 12.4. The number of hydrogen-bond acceptors (Lipinski definition) is 6. The molecule has 2 aromatic heterocycles. The summed E-state index contributed by atoms with van der Waals surface area (Å²) in [5, 5.41) is 9.62. The fourth-order valence-corrected chi connectivity index (χ4v) is 3.85. The predicted octanol–water partition coefficient (Wildman–Crippen LogP) is 3.91. The van der Waals surface area contributed by atoms with Gasteiger partial charge in [-0.2, -0.15) is 5.10 Å². The molecule has 1 aliphatic heterocycles. The lowest BCUT2D eigenvalue weighted by Crippen LogP contribution is -2.27. The molecule has 1 aromatic carbocycles. The second-order valence-corrected chi connectivity index (χ2v) is 8.20. The lowest BCUT2D eigenvalue weighted by Gasteiger charge is -2.20. The molecule has 4 rings (SSSR count). The summed E-state index contributed by atoms with van der Waals surface area (Å²) in [6.45, 7) is 4.49. The molecule has 0 aliphatic carbocycles. The summed E-state index contributed by atoms with van der Waals surface area (Å²) in [4.78, 5) is 18.5. The molecule has 1 aliphatic rings. The molecule has 3 aromatic rings. The van der Waals surface area contributed by atoms with Crippen molar-refractivity contribution in [2.45, 2.75) is 38.8 Å². The summed E-state index contributed by atoms with van der Waals surface area (Å²) < 4.78 is 35.9. The fraction of sp³-hybridized carbons (Fsp3) is 0.375. The van der Waals surface area contributed by atoms with Gasteiger partial charge >= 0.3 is 0 Å². The summed E-state index contributed by atoms with van der Waals surface area (Å²) in [6.07, 6.45) is 1.35. The number of ether oxygens (including phenoxy) is 2. The highest BCUT2D eigenvalue weighted by Gasteiger charge is 2.25. The number of aryl methyl sites for hydroxylation is 1. The van der Waals surface area contributed by atoms with Crippen molar-refractivity contribution in [3.8, 4) is 11.6 Å². The number of hydrogen-bond donors (Lipinski definition) is 2. The first-order chi connectivity index (χ1) is 16.4. The number of aromatic nitrogens is 3. The highest BCUT2D eigenvalue weighted by atomic mass is 19.3. The molecule has 10 heteroatoms. The Morgan fingerprint density at radius 1 is 1.29 bits per heavy atom. The van der Waals surface area contributed by atoms with Crippen LogP contribution in [0.1, 0.15) is 41.0 Å². The number of halogens is 2. The van der Waals surface area contributed by atoms with Crippen molar-refractivity contribution in [2.75, 3.05) is 24.6 Å². The van der Waals surface area contributed by atoms with Crippen LogP contribution in [0.4, 0.5) is 14.5 Å². The maximum Gasteiger partial charge on any atom is 0.272 e. The Bertz CT molecular complexity index is 1110. The van der Waals surface area contributed by atoms with Crippen LogP contribution in [0.3, 0.4) is 0 Å². The molecule has 2 N–H and O–H groups in total. The van der Waals surface area contributed by atoms with Crippen LogP contribution in [0.2, 0.25) is 0 Å². The number of aromatic amines is 1. The van der Waals surface area contributed by atoms with Gasteiger partial charge in [-0.3, -0.25) is 9.89 Å². The summed E-state index contributed by atoms with van der Waals surface area (Å²) in [7, 11) is 0. The number of amides is 1. The summed E-state index contributed by atoms with van der Waals surface area (Å²) in [5.74, 6) is 0.751. The second-order valence-electron chi connectivity index (χ2n) is 8.20. The van der Waals surface area contributed by atoms with Gasteiger partial charge in [0.2, 0.25) is 5.88 Å². The van der Waals surface area contributed by atoms with Gasteiger partial charge in [0, 0.05) is 36.6 Å². The minimum Gasteiger partial charge on any atom is -0.489 e. The lowest BCUT2D eigenvalue weighted by molar-refractivity contribution is 0.0796. The van der Waals surface area contributed by atoms with Crippen LogP contribution in [-0.4, -0.2) is 53.3 Å². The van der Waals surface area contributed by atoms with Crippen molar-refractivity contribution >= 4 is 11.6 Å². The molecule has 3 heterocycles. The lowest BCUT2D eigenvalue weighted by atomic mass is 10.1. The first-order valence-electron chi connectivity index (χ1n) is 11.1. The van der Waals surface area contributed by atoms with Gasteiger partial charge in [-0.25, -0.2) is 13.8 Å². The molecule has 0 bridgehead atoms. The van der Waals surface area contributed by atoms with Crippen LogP contribution in [0.25, 0.3) is 0 Å². The molecule has 180 valence electrons. The quantitative estimate of drug-likeness (QED) is 0.492. The Kier molecular flexibility index (Phi) is 7.24. The molecule has 0 saturated carbocycles. The van der Waals surface area contributed by atoms with E-state index in [-0.39, 0.29) is 23.9 Å². The first kappa shape index (κ1) is 23.5. The Labute approximate surface area is 196 Å². The monoisotopic (exact) mass is 471 g/mol. The standard InChI is InChI=1S/C24H27F2N5O3/c1-15(29-24(32)21-12-28-30-16(21)2)17-3-5-19(6-4-17)34-20-8-10-31(13-20)18-7-9-27-23(11-18)33-14-22(25)26/h3-7,9,11-12,15,20,22H,8,10,13-14H2,1-2H3,(H,28,30)(H,29,32)/t15-,20?/m0/s1. The third kappa shape index (κ3) is 5.81. The van der Waals surface area contributed by atoms with Crippen LogP contribution in [0.15, 0.2) is 48.8 Å². The Balaban J connectivity index is 1.30. The number of carbonyl (C=O) groups is 1. The summed E-state index contributed by atoms with van der Waals surface area (Å²) >= 11 is 0. The number of rotatable bonds is 9. The van der Waals surface area contributed by atoms with Gasteiger partial charge in [0.1, 0.15) is 11.9 Å². The molecule has 1 amide bonds. The van der Waals surface area contributed by atoms with Gasteiger partial charge < -0.3 is 19.7 Å². The zero-order valence-corrected chi connectivity index (χ0v) is 19.0. The van der Waals surface area contributed by atoms with Crippen molar-refractivity contribution in [3.05, 3.63) is 65.6 Å². The van der Waals surface area contributed by atoms with Gasteiger partial charge in [0.25, 0.3) is 12.3 Å². The number of nitrogens with zero attached hydrogens (tertiary/aromatic N) is 3. The SMILES string of the molecule is Cc1[nH]ncc1C(=O)N[C@@H](C)c1ccc(OC2CCN(c3ccnc(OCC(F)F)c3)C2)cc1. The van der Waals surface area contributed by atoms with E-state index in [1.54, 1.807) is 19.2 Å². The summed E-state index contributed by atoms with van der Waals surface area (Å²) in [6, 6.07) is 11.0. The average Bonchev–Trinajstić information content (AvgIpc) is 3.47. The van der Waals surface area contributed by atoms with Crippen molar-refractivity contribution in [1.29, 1.82) is 0 Å². The number of benzene rings is 1. The molecule has 34 heavy (non-hydrogen) atoms. The smallest absolute Gasteiger partial charge is 0.272 e. The fourth-order valence-electron chi connectivity index (χ4n) is 3.85. The number of H-pyrrole nitrogens is 1. The van der Waals surface area contributed by atoms with E-state index < -0.39 is 13.0 Å². The third-order valence-corrected chi connectivity index (χ3v) is 5.69. The van der Waals surface area contributed by atoms with E-state index in [1.807, 2.05) is 37.3 Å². The zero-order valence-electron chi connectivity index (χ0n) is 19.0. The van der Waals surface area contributed by atoms with E-state index in [9.17, 15) is 13.6 Å². The van der Waals surface area contributed by atoms with Crippen LogP contribution in [0, 0.1) is 6.92 Å². The zero-order chi connectivity index (χ0) is 24.1. The van der Waals surface area contributed by atoms with Crippen molar-refractivity contribution in [1.82, 2.24) is 20.5 Å². The van der Waals surface area contributed by atoms with Crippen LogP contribution >= 0.6 is 0 Å². The molecular weight excluding hydrogens is 444 g/mol. The summed E-state index contributed by atoms with van der Waals surface area (Å²) in [5.41, 5.74) is 3.07. The van der Waals surface area contributed by atoms with Gasteiger partial charge in [0.15, 0.2) is 6.61 Å². The molecule has 0 radical (unpaired) electrons. The molecular formula is C24H27F2N5O3. The number of pyridine rings is 1. The highest BCUT2D eigenvalue weighted by molar-refractivity contribution is 5.95. The molecule has 1 unspecified atom stereocenters. The van der Waals surface area contributed by atoms with E-state index >= 15 is 0 Å². The first-order valence-corrected chi connectivity index (χ1v) is 11.1. The number of carbonyl (C=O) groups excluding carboxylic acids is 1. The highest BCUT2D eigenvalue weighted by Crippen LogP contribution is 2.26. The number of nitrogens with one attached hydrogen (secondary N) is 2. The topological polar surface area (TPSA) is 92.4 Å².